The molecule has 0 saturated carbocycles. The highest BCUT2D eigenvalue weighted by molar-refractivity contribution is 9.10. The summed E-state index contributed by atoms with van der Waals surface area (Å²) in [6.07, 6.45) is 0. The number of hydrogen-bond acceptors (Lipinski definition) is 2. The first-order chi connectivity index (χ1) is 7.52. The zero-order valence-electron chi connectivity index (χ0n) is 8.63. The van der Waals surface area contributed by atoms with Gasteiger partial charge in [-0.3, -0.25) is 0 Å². The fourth-order valence-corrected chi connectivity index (χ4v) is 1.39. The number of hydrogen-bond donors (Lipinski definition) is 3. The first-order valence-electron chi connectivity index (χ1n) is 4.66. The first-order valence-corrected chi connectivity index (χ1v) is 5.45. The Morgan fingerprint density at radius 1 is 1.62 bits per heavy atom. The lowest BCUT2D eigenvalue weighted by Gasteiger charge is -2.12. The molecule has 0 aliphatic carbocycles. The Labute approximate surface area is 101 Å². The van der Waals surface area contributed by atoms with Gasteiger partial charge < -0.3 is 15.7 Å². The van der Waals surface area contributed by atoms with E-state index in [-0.39, 0.29) is 17.1 Å². The molecule has 4 nitrogen and oxygen atoms in total. The monoisotopic (exact) mass is 290 g/mol. The number of carbonyl (C=O) groups is 1. The van der Waals surface area contributed by atoms with Gasteiger partial charge in [-0.1, -0.05) is 0 Å². The predicted molar refractivity (Wildman–Crippen MR) is 62.8 cm³/mol. The highest BCUT2D eigenvalue weighted by Crippen LogP contribution is 2.19. The molecule has 2 amide bonds. The van der Waals surface area contributed by atoms with Crippen LogP contribution in [0.25, 0.3) is 0 Å². The largest absolute Gasteiger partial charge is 0.394 e. The summed E-state index contributed by atoms with van der Waals surface area (Å²) in [6, 6.07) is 3.38. The Bertz CT molecular complexity index is 387. The van der Waals surface area contributed by atoms with Gasteiger partial charge in [-0.25, -0.2) is 9.18 Å². The Hall–Kier alpha value is -1.14. The molecule has 1 aromatic carbocycles. The summed E-state index contributed by atoms with van der Waals surface area (Å²) < 4.78 is 13.2. The quantitative estimate of drug-likeness (QED) is 0.798. The summed E-state index contributed by atoms with van der Waals surface area (Å²) in [4.78, 5) is 11.3. The summed E-state index contributed by atoms with van der Waals surface area (Å²) >= 11 is 3.01. The van der Waals surface area contributed by atoms with Crippen LogP contribution in [0.4, 0.5) is 14.9 Å². The minimum atomic E-state index is -0.444. The van der Waals surface area contributed by atoms with Gasteiger partial charge in [0.1, 0.15) is 5.82 Å². The molecule has 0 saturated heterocycles. The number of anilines is 1. The summed E-state index contributed by atoms with van der Waals surface area (Å²) in [6.45, 7) is 1.53. The van der Waals surface area contributed by atoms with E-state index in [0.717, 1.165) is 0 Å². The average molecular weight is 291 g/mol. The van der Waals surface area contributed by atoms with E-state index in [1.54, 1.807) is 6.92 Å². The van der Waals surface area contributed by atoms with Gasteiger partial charge in [0.25, 0.3) is 0 Å². The van der Waals surface area contributed by atoms with Crippen LogP contribution < -0.4 is 10.6 Å². The highest BCUT2D eigenvalue weighted by Gasteiger charge is 2.07. The van der Waals surface area contributed by atoms with Gasteiger partial charge in [0, 0.05) is 5.69 Å². The number of amides is 2. The van der Waals surface area contributed by atoms with Crippen molar-refractivity contribution in [3.8, 4) is 0 Å². The Morgan fingerprint density at radius 3 is 2.88 bits per heavy atom. The molecule has 0 bridgehead atoms. The molecule has 0 aliphatic rings. The molecular weight excluding hydrogens is 279 g/mol. The molecule has 88 valence electrons. The Kier molecular flexibility index (Phi) is 4.70. The summed E-state index contributed by atoms with van der Waals surface area (Å²) in [5, 5.41) is 13.8. The lowest BCUT2D eigenvalue weighted by Crippen LogP contribution is -2.38. The third-order valence-electron chi connectivity index (χ3n) is 1.83. The van der Waals surface area contributed by atoms with E-state index in [1.165, 1.54) is 18.2 Å². The van der Waals surface area contributed by atoms with E-state index < -0.39 is 11.8 Å². The zero-order valence-corrected chi connectivity index (χ0v) is 10.2. The minimum absolute atomic E-state index is 0.138. The van der Waals surface area contributed by atoms with Crippen LogP contribution in [-0.4, -0.2) is 23.8 Å². The van der Waals surface area contributed by atoms with Crippen LogP contribution in [-0.2, 0) is 0 Å². The number of benzene rings is 1. The van der Waals surface area contributed by atoms with Crippen LogP contribution in [0.15, 0.2) is 22.7 Å². The van der Waals surface area contributed by atoms with Crippen molar-refractivity contribution in [1.82, 2.24) is 5.32 Å². The maximum atomic E-state index is 12.9. The van der Waals surface area contributed by atoms with E-state index >= 15 is 0 Å². The van der Waals surface area contributed by atoms with Crippen molar-refractivity contribution in [2.24, 2.45) is 0 Å². The first kappa shape index (κ1) is 12.9. The van der Waals surface area contributed by atoms with E-state index in [2.05, 4.69) is 26.6 Å². The molecule has 0 radical (unpaired) electrons. The predicted octanol–water partition coefficient (Wildman–Crippen LogP) is 2.09. The molecule has 16 heavy (non-hydrogen) atoms. The maximum Gasteiger partial charge on any atom is 0.319 e. The molecule has 0 heterocycles. The van der Waals surface area contributed by atoms with Crippen LogP contribution in [0.3, 0.4) is 0 Å². The average Bonchev–Trinajstić information content (AvgIpc) is 2.23. The highest BCUT2D eigenvalue weighted by atomic mass is 79.9. The number of aliphatic hydroxyl groups is 1. The molecule has 0 aliphatic heterocycles. The second-order valence-electron chi connectivity index (χ2n) is 3.31. The minimum Gasteiger partial charge on any atom is -0.394 e. The van der Waals surface area contributed by atoms with Crippen LogP contribution >= 0.6 is 15.9 Å². The third-order valence-corrected chi connectivity index (χ3v) is 2.44. The standard InChI is InChI=1S/C10H12BrFN2O2/c1-6(5-15)13-10(16)14-7-2-3-9(12)8(11)4-7/h2-4,6,15H,5H2,1H3,(H2,13,14,16). The zero-order chi connectivity index (χ0) is 12.1. The fourth-order valence-electron chi connectivity index (χ4n) is 1.01. The van der Waals surface area contributed by atoms with Crippen molar-refractivity contribution >= 4 is 27.6 Å². The van der Waals surface area contributed by atoms with E-state index in [4.69, 9.17) is 5.11 Å². The fraction of sp³-hybridized carbons (Fsp3) is 0.300. The van der Waals surface area contributed by atoms with Gasteiger partial charge in [0.15, 0.2) is 0 Å². The molecule has 1 atom stereocenters. The van der Waals surface area contributed by atoms with E-state index in [1.807, 2.05) is 0 Å². The molecule has 0 spiro atoms. The number of halogens is 2. The van der Waals surface area contributed by atoms with Crippen LogP contribution in [0.1, 0.15) is 6.92 Å². The Balaban J connectivity index is 2.59. The number of carbonyl (C=O) groups excluding carboxylic acids is 1. The maximum absolute atomic E-state index is 12.9. The number of aliphatic hydroxyl groups excluding tert-OH is 1. The van der Waals surface area contributed by atoms with Gasteiger partial charge >= 0.3 is 6.03 Å². The van der Waals surface area contributed by atoms with Crippen molar-refractivity contribution in [1.29, 1.82) is 0 Å². The van der Waals surface area contributed by atoms with E-state index in [0.29, 0.717) is 5.69 Å². The van der Waals surface area contributed by atoms with Gasteiger partial charge in [-0.15, -0.1) is 0 Å². The van der Waals surface area contributed by atoms with Gasteiger partial charge in [0.2, 0.25) is 0 Å². The third kappa shape index (κ3) is 3.79. The number of urea groups is 1. The second-order valence-corrected chi connectivity index (χ2v) is 4.17. The normalized spacial score (nSPS) is 12.0. The Morgan fingerprint density at radius 2 is 2.31 bits per heavy atom. The van der Waals surface area contributed by atoms with Gasteiger partial charge in [-0.2, -0.15) is 0 Å². The number of rotatable bonds is 3. The van der Waals surface area contributed by atoms with Crippen LogP contribution in [0, 0.1) is 5.82 Å². The van der Waals surface area contributed by atoms with E-state index in [9.17, 15) is 9.18 Å². The summed E-state index contributed by atoms with van der Waals surface area (Å²) in [5.74, 6) is -0.394. The van der Waals surface area contributed by atoms with Crippen molar-refractivity contribution in [2.75, 3.05) is 11.9 Å². The van der Waals surface area contributed by atoms with Crippen molar-refractivity contribution in [2.45, 2.75) is 13.0 Å². The van der Waals surface area contributed by atoms with Gasteiger partial charge in [-0.05, 0) is 41.1 Å². The molecule has 1 unspecified atom stereocenters. The molecule has 0 aromatic heterocycles. The van der Waals surface area contributed by atoms with Crippen LogP contribution in [0.2, 0.25) is 0 Å². The molecular formula is C10H12BrFN2O2. The lowest BCUT2D eigenvalue weighted by molar-refractivity contribution is 0.229. The second kappa shape index (κ2) is 5.81. The number of nitrogens with one attached hydrogen (secondary N) is 2. The van der Waals surface area contributed by atoms with Gasteiger partial charge in [0.05, 0.1) is 17.1 Å². The SMILES string of the molecule is CC(CO)NC(=O)Nc1ccc(F)c(Br)c1. The lowest BCUT2D eigenvalue weighted by atomic mass is 10.3. The van der Waals surface area contributed by atoms with Crippen molar-refractivity contribution < 1.29 is 14.3 Å². The van der Waals surface area contributed by atoms with Crippen molar-refractivity contribution in [3.05, 3.63) is 28.5 Å². The molecule has 1 rings (SSSR count). The van der Waals surface area contributed by atoms with Crippen LogP contribution in [0.5, 0.6) is 0 Å². The molecule has 1 aromatic rings. The summed E-state index contributed by atoms with van der Waals surface area (Å²) in [5.41, 5.74) is 0.468. The topological polar surface area (TPSA) is 61.4 Å². The summed E-state index contributed by atoms with van der Waals surface area (Å²) in [7, 11) is 0. The molecule has 0 fully saturated rings. The van der Waals surface area contributed by atoms with Crippen molar-refractivity contribution in [3.63, 3.8) is 0 Å². The molecule has 3 N–H and O–H groups in total. The smallest absolute Gasteiger partial charge is 0.319 e. The molecule has 6 heteroatoms.